The number of aliphatic hydroxyl groups is 2. The summed E-state index contributed by atoms with van der Waals surface area (Å²) in [5.41, 5.74) is 1.32. The lowest BCUT2D eigenvalue weighted by Crippen LogP contribution is -2.44. The van der Waals surface area contributed by atoms with E-state index in [-0.39, 0.29) is 12.3 Å². The maximum Gasteiger partial charge on any atom is 0.303 e. The average molecular weight is 383 g/mol. The summed E-state index contributed by atoms with van der Waals surface area (Å²) in [6.07, 6.45) is 6.53. The zero-order valence-electron chi connectivity index (χ0n) is 16.5. The van der Waals surface area contributed by atoms with Crippen molar-refractivity contribution in [1.82, 2.24) is 0 Å². The first-order valence-corrected chi connectivity index (χ1v) is 10.2. The Morgan fingerprint density at radius 3 is 2.75 bits per heavy atom. The van der Waals surface area contributed by atoms with E-state index in [0.29, 0.717) is 24.7 Å². The number of aliphatic carboxylic acids is 1. The van der Waals surface area contributed by atoms with Crippen LogP contribution in [0.15, 0.2) is 42.0 Å². The van der Waals surface area contributed by atoms with Crippen LogP contribution in [0, 0.1) is 29.6 Å². The lowest BCUT2D eigenvalue weighted by molar-refractivity contribution is -0.137. The van der Waals surface area contributed by atoms with Crippen LogP contribution < -0.4 is 0 Å². The van der Waals surface area contributed by atoms with E-state index >= 15 is 0 Å². The lowest BCUT2D eigenvalue weighted by atomic mass is 9.57. The van der Waals surface area contributed by atoms with Crippen molar-refractivity contribution in [3.63, 3.8) is 0 Å². The molecule has 2 fully saturated rings. The highest BCUT2D eigenvalue weighted by atomic mass is 16.4. The molecule has 0 aliphatic heterocycles. The second-order valence-corrected chi connectivity index (χ2v) is 8.42. The highest BCUT2D eigenvalue weighted by Gasteiger charge is 2.46. The number of carboxylic acids is 1. The number of carboxylic acid groups (broad SMARTS) is 1. The molecule has 0 saturated heterocycles. The molecule has 1 aromatic carbocycles. The van der Waals surface area contributed by atoms with E-state index < -0.39 is 17.7 Å². The van der Waals surface area contributed by atoms with Crippen LogP contribution in [0.1, 0.15) is 51.0 Å². The number of fused-ring (bicyclic) bond motifs is 1. The molecule has 2 saturated carbocycles. The van der Waals surface area contributed by atoms with E-state index in [4.69, 9.17) is 5.11 Å². The number of hydrogen-bond donors (Lipinski definition) is 3. The zero-order chi connectivity index (χ0) is 20.1. The fourth-order valence-corrected chi connectivity index (χ4v) is 4.53. The molecule has 3 N–H and O–H groups in total. The van der Waals surface area contributed by atoms with E-state index in [1.807, 2.05) is 30.3 Å². The minimum Gasteiger partial charge on any atom is -0.481 e. The van der Waals surface area contributed by atoms with Crippen molar-refractivity contribution >= 4 is 5.97 Å². The van der Waals surface area contributed by atoms with Crippen molar-refractivity contribution < 1.29 is 20.1 Å². The topological polar surface area (TPSA) is 77.8 Å². The second-order valence-electron chi connectivity index (χ2n) is 8.42. The van der Waals surface area contributed by atoms with Crippen molar-refractivity contribution in [1.29, 1.82) is 0 Å². The minimum atomic E-state index is -1.12. The van der Waals surface area contributed by atoms with Gasteiger partial charge in [-0.1, -0.05) is 53.8 Å². The van der Waals surface area contributed by atoms with Crippen molar-refractivity contribution in [2.75, 3.05) is 0 Å². The molecule has 2 aliphatic rings. The Labute approximate surface area is 167 Å². The Morgan fingerprint density at radius 2 is 2.04 bits per heavy atom. The monoisotopic (exact) mass is 382 g/mol. The summed E-state index contributed by atoms with van der Waals surface area (Å²) in [7, 11) is 0. The fraction of sp³-hybridized carbons (Fsp3) is 0.542. The van der Waals surface area contributed by atoms with Gasteiger partial charge in [0, 0.05) is 12.8 Å². The van der Waals surface area contributed by atoms with Crippen LogP contribution in [0.25, 0.3) is 0 Å². The third-order valence-corrected chi connectivity index (χ3v) is 6.01. The largest absolute Gasteiger partial charge is 0.481 e. The van der Waals surface area contributed by atoms with Crippen molar-refractivity contribution in [2.24, 2.45) is 17.8 Å². The first kappa shape index (κ1) is 20.6. The number of unbranched alkanes of at least 4 members (excludes halogenated alkanes) is 1. The quantitative estimate of drug-likeness (QED) is 0.399. The molecule has 0 amide bonds. The van der Waals surface area contributed by atoms with Crippen LogP contribution in [0.3, 0.4) is 0 Å². The maximum absolute atomic E-state index is 10.7. The van der Waals surface area contributed by atoms with Crippen molar-refractivity contribution in [3.8, 4) is 11.8 Å². The normalized spacial score (nSPS) is 29.8. The van der Waals surface area contributed by atoms with Crippen LogP contribution in [0.2, 0.25) is 0 Å². The van der Waals surface area contributed by atoms with E-state index in [0.717, 1.165) is 31.2 Å². The molecule has 3 rings (SSSR count). The SMILES string of the molecule is CC(O)(C#C[C@H]1[C@@H]2C/C(=C/CCCC(=O)O)[C@@H]2CC[C@@H]1O)Cc1ccccc1. The summed E-state index contributed by atoms with van der Waals surface area (Å²) in [6, 6.07) is 9.82. The van der Waals surface area contributed by atoms with Gasteiger partial charge in [0.1, 0.15) is 5.60 Å². The van der Waals surface area contributed by atoms with E-state index in [1.54, 1.807) is 6.92 Å². The molecule has 5 atom stereocenters. The molecule has 2 aliphatic carbocycles. The Hall–Kier alpha value is -2.09. The molecule has 1 aromatic rings. The van der Waals surface area contributed by atoms with E-state index in [2.05, 4.69) is 17.9 Å². The number of rotatable bonds is 6. The third-order valence-electron chi connectivity index (χ3n) is 6.01. The second kappa shape index (κ2) is 8.94. The van der Waals surface area contributed by atoms with Gasteiger partial charge in [-0.05, 0) is 56.4 Å². The predicted molar refractivity (Wildman–Crippen MR) is 108 cm³/mol. The molecular formula is C24H30O4. The van der Waals surface area contributed by atoms with Gasteiger partial charge in [-0.25, -0.2) is 0 Å². The van der Waals surface area contributed by atoms with Crippen LogP contribution >= 0.6 is 0 Å². The number of benzene rings is 1. The van der Waals surface area contributed by atoms with Gasteiger partial charge in [-0.3, -0.25) is 4.79 Å². The number of hydrogen-bond acceptors (Lipinski definition) is 3. The number of allylic oxidation sites excluding steroid dienone is 2. The van der Waals surface area contributed by atoms with Gasteiger partial charge >= 0.3 is 5.97 Å². The number of aliphatic hydroxyl groups excluding tert-OH is 1. The van der Waals surface area contributed by atoms with Crippen LogP contribution in [0.4, 0.5) is 0 Å². The molecule has 0 bridgehead atoms. The summed E-state index contributed by atoms with van der Waals surface area (Å²) in [4.78, 5) is 10.6. The summed E-state index contributed by atoms with van der Waals surface area (Å²) < 4.78 is 0. The summed E-state index contributed by atoms with van der Waals surface area (Å²) >= 11 is 0. The van der Waals surface area contributed by atoms with Gasteiger partial charge in [-0.15, -0.1) is 0 Å². The average Bonchev–Trinajstić information content (AvgIpc) is 2.62. The third kappa shape index (κ3) is 5.25. The summed E-state index contributed by atoms with van der Waals surface area (Å²) in [6.45, 7) is 1.73. The zero-order valence-corrected chi connectivity index (χ0v) is 16.5. The highest BCUT2D eigenvalue weighted by molar-refractivity contribution is 5.66. The lowest BCUT2D eigenvalue weighted by Gasteiger charge is -2.48. The molecule has 0 spiro atoms. The van der Waals surface area contributed by atoms with Gasteiger partial charge in [0.05, 0.1) is 12.0 Å². The summed E-state index contributed by atoms with van der Waals surface area (Å²) in [5.74, 6) is 6.19. The first-order valence-electron chi connectivity index (χ1n) is 10.2. The van der Waals surface area contributed by atoms with Crippen molar-refractivity contribution in [2.45, 2.75) is 63.6 Å². The summed E-state index contributed by atoms with van der Waals surface area (Å²) in [5, 5.41) is 29.9. The molecule has 0 aromatic heterocycles. The molecule has 1 unspecified atom stereocenters. The van der Waals surface area contributed by atoms with E-state index in [9.17, 15) is 15.0 Å². The predicted octanol–water partition coefficient (Wildman–Crippen LogP) is 3.57. The minimum absolute atomic E-state index is 0.0998. The molecule has 150 valence electrons. The van der Waals surface area contributed by atoms with Gasteiger partial charge in [-0.2, -0.15) is 0 Å². The van der Waals surface area contributed by atoms with E-state index in [1.165, 1.54) is 5.57 Å². The Kier molecular flexibility index (Phi) is 6.59. The first-order chi connectivity index (χ1) is 13.4. The maximum atomic E-state index is 10.7. The highest BCUT2D eigenvalue weighted by Crippen LogP contribution is 2.51. The fourth-order valence-electron chi connectivity index (χ4n) is 4.53. The van der Waals surface area contributed by atoms with Gasteiger partial charge in [0.25, 0.3) is 0 Å². The molecule has 4 nitrogen and oxygen atoms in total. The standard InChI is InChI=1S/C24H30O4/c1-24(28,16-17-7-3-2-4-8-17)14-13-20-21-15-18(9-5-6-10-23(26)27)19(21)11-12-22(20)25/h2-4,7-9,19-22,25,28H,5-6,10-12,15-16H2,1H3,(H,26,27)/b18-9-/t19-,20-,21+,22-,24?/m0/s1. The Bertz CT molecular complexity index is 769. The molecule has 4 heteroatoms. The smallest absolute Gasteiger partial charge is 0.303 e. The molecule has 0 radical (unpaired) electrons. The molecule has 0 heterocycles. The van der Waals surface area contributed by atoms with Crippen LogP contribution in [-0.4, -0.2) is 33.0 Å². The Balaban J connectivity index is 1.61. The molecular weight excluding hydrogens is 352 g/mol. The van der Waals surface area contributed by atoms with Crippen LogP contribution in [-0.2, 0) is 11.2 Å². The van der Waals surface area contributed by atoms with Gasteiger partial charge in [0.2, 0.25) is 0 Å². The molecule has 28 heavy (non-hydrogen) atoms. The van der Waals surface area contributed by atoms with Crippen LogP contribution in [0.5, 0.6) is 0 Å². The van der Waals surface area contributed by atoms with Gasteiger partial charge < -0.3 is 15.3 Å². The Morgan fingerprint density at radius 1 is 1.29 bits per heavy atom. The van der Waals surface area contributed by atoms with Gasteiger partial charge in [0.15, 0.2) is 0 Å². The number of carbonyl (C=O) groups is 1. The van der Waals surface area contributed by atoms with Crippen molar-refractivity contribution in [3.05, 3.63) is 47.5 Å².